The van der Waals surface area contributed by atoms with Gasteiger partial charge in [-0.1, -0.05) is 30.3 Å². The molecule has 2 atom stereocenters. The number of ether oxygens (including phenoxy) is 2. The van der Waals surface area contributed by atoms with E-state index in [1.165, 1.54) is 12.1 Å². The van der Waals surface area contributed by atoms with Crippen LogP contribution in [0.3, 0.4) is 0 Å². The first-order valence-corrected chi connectivity index (χ1v) is 7.12. The summed E-state index contributed by atoms with van der Waals surface area (Å²) in [6.07, 6.45) is -0.662. The van der Waals surface area contributed by atoms with Crippen molar-refractivity contribution in [1.82, 2.24) is 0 Å². The van der Waals surface area contributed by atoms with E-state index in [-0.39, 0.29) is 30.5 Å². The van der Waals surface area contributed by atoms with E-state index in [4.69, 9.17) is 15.2 Å². The van der Waals surface area contributed by atoms with E-state index in [2.05, 4.69) is 0 Å². The van der Waals surface area contributed by atoms with Crippen LogP contribution in [0.4, 0.5) is 5.69 Å². The Labute approximate surface area is 144 Å². The molecule has 8 heteroatoms. The third-order valence-corrected chi connectivity index (χ3v) is 3.78. The van der Waals surface area contributed by atoms with Gasteiger partial charge in [0, 0.05) is 6.42 Å². The molecule has 0 fully saturated rings. The van der Waals surface area contributed by atoms with Crippen molar-refractivity contribution >= 4 is 18.1 Å². The summed E-state index contributed by atoms with van der Waals surface area (Å²) in [5.41, 5.74) is 7.01. The largest absolute Gasteiger partial charge is 0.454 e. The van der Waals surface area contributed by atoms with Gasteiger partial charge in [-0.2, -0.15) is 0 Å². The fraction of sp³-hybridized carbons (Fsp3) is 0.250. The van der Waals surface area contributed by atoms with E-state index in [9.17, 15) is 15.2 Å². The highest BCUT2D eigenvalue weighted by Crippen LogP contribution is 2.40. The first-order chi connectivity index (χ1) is 11.1. The van der Waals surface area contributed by atoms with Crippen molar-refractivity contribution in [2.24, 2.45) is 5.73 Å². The zero-order valence-electron chi connectivity index (χ0n) is 12.6. The molecule has 1 aliphatic heterocycles. The van der Waals surface area contributed by atoms with Crippen LogP contribution in [-0.2, 0) is 6.42 Å². The number of halogens is 1. The summed E-state index contributed by atoms with van der Waals surface area (Å²) < 4.78 is 10.4. The molecule has 7 nitrogen and oxygen atoms in total. The summed E-state index contributed by atoms with van der Waals surface area (Å²) in [5, 5.41) is 21.6. The number of aliphatic hydroxyl groups excluding tert-OH is 1. The van der Waals surface area contributed by atoms with Gasteiger partial charge >= 0.3 is 0 Å². The van der Waals surface area contributed by atoms with Crippen LogP contribution in [0, 0.1) is 10.1 Å². The highest BCUT2D eigenvalue weighted by Gasteiger charge is 2.29. The fourth-order valence-corrected chi connectivity index (χ4v) is 2.56. The standard InChI is InChI=1S/C16H16N2O5.ClH/c17-16(13(19)6-10-4-2-1-3-5-10)11-7-14-15(23-9-22-14)8-12(11)18(20)21;/h1-5,7-8,13,16,19H,6,9,17H2;1H/t13-,16+;/m1./s1. The van der Waals surface area contributed by atoms with Crippen molar-refractivity contribution in [3.05, 3.63) is 63.7 Å². The number of hydrogen-bond donors (Lipinski definition) is 2. The Bertz CT molecular complexity index is 726. The van der Waals surface area contributed by atoms with Crippen LogP contribution in [0.2, 0.25) is 0 Å². The third kappa shape index (κ3) is 3.59. The van der Waals surface area contributed by atoms with Gasteiger partial charge in [-0.05, 0) is 11.6 Å². The molecule has 0 saturated heterocycles. The van der Waals surface area contributed by atoms with E-state index in [0.717, 1.165) is 5.56 Å². The molecular weight excluding hydrogens is 336 g/mol. The Morgan fingerprint density at radius 1 is 1.21 bits per heavy atom. The van der Waals surface area contributed by atoms with E-state index < -0.39 is 17.1 Å². The number of nitrogens with zero attached hydrogens (tertiary/aromatic N) is 1. The second-order valence-corrected chi connectivity index (χ2v) is 5.30. The lowest BCUT2D eigenvalue weighted by atomic mass is 9.95. The maximum Gasteiger partial charge on any atom is 0.278 e. The van der Waals surface area contributed by atoms with Crippen molar-refractivity contribution in [2.45, 2.75) is 18.6 Å². The predicted molar refractivity (Wildman–Crippen MR) is 89.5 cm³/mol. The molecule has 0 spiro atoms. The maximum absolute atomic E-state index is 11.3. The molecule has 0 saturated carbocycles. The summed E-state index contributed by atoms with van der Waals surface area (Å²) >= 11 is 0. The Morgan fingerprint density at radius 2 is 1.83 bits per heavy atom. The van der Waals surface area contributed by atoms with Gasteiger partial charge in [0.25, 0.3) is 5.69 Å². The Hall–Kier alpha value is -2.35. The lowest BCUT2D eigenvalue weighted by Crippen LogP contribution is -2.28. The monoisotopic (exact) mass is 352 g/mol. The number of rotatable bonds is 5. The average molecular weight is 353 g/mol. The summed E-state index contributed by atoms with van der Waals surface area (Å²) in [6, 6.07) is 11.2. The number of nitro benzene ring substituents is 1. The minimum atomic E-state index is -0.962. The van der Waals surface area contributed by atoms with Gasteiger partial charge < -0.3 is 20.3 Å². The van der Waals surface area contributed by atoms with Crippen molar-refractivity contribution in [3.63, 3.8) is 0 Å². The summed E-state index contributed by atoms with van der Waals surface area (Å²) in [5.74, 6) is 0.707. The molecule has 0 amide bonds. The number of aliphatic hydroxyl groups is 1. The molecule has 2 aromatic rings. The number of benzene rings is 2. The molecule has 3 N–H and O–H groups in total. The summed E-state index contributed by atoms with van der Waals surface area (Å²) in [7, 11) is 0. The predicted octanol–water partition coefficient (Wildman–Crippen LogP) is 2.35. The minimum absolute atomic E-state index is 0. The van der Waals surface area contributed by atoms with Crippen LogP contribution < -0.4 is 15.2 Å². The van der Waals surface area contributed by atoms with Crippen LogP contribution in [0.25, 0.3) is 0 Å². The van der Waals surface area contributed by atoms with Gasteiger partial charge in [-0.25, -0.2) is 0 Å². The van der Waals surface area contributed by atoms with E-state index in [1.54, 1.807) is 0 Å². The molecule has 1 heterocycles. The Balaban J connectivity index is 0.00000208. The third-order valence-electron chi connectivity index (χ3n) is 3.78. The fourth-order valence-electron chi connectivity index (χ4n) is 2.56. The van der Waals surface area contributed by atoms with E-state index in [0.29, 0.717) is 17.9 Å². The molecule has 0 bridgehead atoms. The normalized spacial score (nSPS) is 14.6. The van der Waals surface area contributed by atoms with Crippen molar-refractivity contribution in [1.29, 1.82) is 0 Å². The average Bonchev–Trinajstić information content (AvgIpc) is 3.01. The molecule has 2 aromatic carbocycles. The number of nitro groups is 1. The second-order valence-electron chi connectivity index (χ2n) is 5.30. The summed E-state index contributed by atoms with van der Waals surface area (Å²) in [4.78, 5) is 10.7. The molecule has 24 heavy (non-hydrogen) atoms. The SMILES string of the molecule is Cl.N[C@@H](c1cc2c(cc1[N+](=O)[O-])OCO2)[C@H](O)Cc1ccccc1. The second kappa shape index (κ2) is 7.48. The zero-order chi connectivity index (χ0) is 16.4. The lowest BCUT2D eigenvalue weighted by molar-refractivity contribution is -0.385. The van der Waals surface area contributed by atoms with Crippen LogP contribution in [0.5, 0.6) is 11.5 Å². The lowest BCUT2D eigenvalue weighted by Gasteiger charge is -2.19. The van der Waals surface area contributed by atoms with Gasteiger partial charge in [-0.15, -0.1) is 12.4 Å². The molecular formula is C16H17ClN2O5. The van der Waals surface area contributed by atoms with Crippen LogP contribution in [0.1, 0.15) is 17.2 Å². The number of hydrogen-bond acceptors (Lipinski definition) is 6. The Morgan fingerprint density at radius 3 is 2.46 bits per heavy atom. The van der Waals surface area contributed by atoms with E-state index in [1.807, 2.05) is 30.3 Å². The van der Waals surface area contributed by atoms with Crippen molar-refractivity contribution in [3.8, 4) is 11.5 Å². The number of fused-ring (bicyclic) bond motifs is 1. The smallest absolute Gasteiger partial charge is 0.278 e. The van der Waals surface area contributed by atoms with Gasteiger partial charge in [0.2, 0.25) is 6.79 Å². The first-order valence-electron chi connectivity index (χ1n) is 7.12. The highest BCUT2D eigenvalue weighted by atomic mass is 35.5. The molecule has 128 valence electrons. The van der Waals surface area contributed by atoms with Crippen LogP contribution >= 0.6 is 12.4 Å². The van der Waals surface area contributed by atoms with Gasteiger partial charge in [-0.3, -0.25) is 10.1 Å². The minimum Gasteiger partial charge on any atom is -0.454 e. The van der Waals surface area contributed by atoms with Crippen molar-refractivity contribution < 1.29 is 19.5 Å². The van der Waals surface area contributed by atoms with E-state index >= 15 is 0 Å². The molecule has 0 unspecified atom stereocenters. The number of nitrogens with two attached hydrogens (primary N) is 1. The van der Waals surface area contributed by atoms with Gasteiger partial charge in [0.05, 0.1) is 28.7 Å². The van der Waals surface area contributed by atoms with Crippen molar-refractivity contribution in [2.75, 3.05) is 6.79 Å². The quantitative estimate of drug-likeness (QED) is 0.631. The topological polar surface area (TPSA) is 108 Å². The van der Waals surface area contributed by atoms with Crippen LogP contribution in [0.15, 0.2) is 42.5 Å². The molecule has 0 aromatic heterocycles. The molecule has 1 aliphatic rings. The van der Waals surface area contributed by atoms with Crippen LogP contribution in [-0.4, -0.2) is 22.9 Å². The molecule has 0 aliphatic carbocycles. The molecule has 0 radical (unpaired) electrons. The summed E-state index contributed by atoms with van der Waals surface area (Å²) in [6.45, 7) is 0.0117. The molecule has 3 rings (SSSR count). The van der Waals surface area contributed by atoms with Gasteiger partial charge in [0.15, 0.2) is 11.5 Å². The first kappa shape index (κ1) is 18.0. The maximum atomic E-state index is 11.3. The Kier molecular flexibility index (Phi) is 5.61. The van der Waals surface area contributed by atoms with Gasteiger partial charge in [0.1, 0.15) is 0 Å². The zero-order valence-corrected chi connectivity index (χ0v) is 13.4. The highest BCUT2D eigenvalue weighted by molar-refractivity contribution is 5.85.